The van der Waals surface area contributed by atoms with Crippen molar-refractivity contribution in [3.63, 3.8) is 0 Å². The molecule has 1 saturated heterocycles. The summed E-state index contributed by atoms with van der Waals surface area (Å²) < 4.78 is 5.36. The van der Waals surface area contributed by atoms with E-state index in [2.05, 4.69) is 6.58 Å². The molecule has 1 rings (SSSR count). The maximum Gasteiger partial charge on any atom is 0.410 e. The van der Waals surface area contributed by atoms with Crippen molar-refractivity contribution in [3.05, 3.63) is 12.7 Å². The van der Waals surface area contributed by atoms with Crippen LogP contribution in [0.2, 0.25) is 0 Å². The van der Waals surface area contributed by atoms with Gasteiger partial charge in [-0.05, 0) is 46.0 Å². The number of allylic oxidation sites excluding steroid dienone is 1. The molecule has 0 aliphatic carbocycles. The van der Waals surface area contributed by atoms with Crippen LogP contribution in [0.25, 0.3) is 0 Å². The van der Waals surface area contributed by atoms with E-state index in [0.29, 0.717) is 5.92 Å². The Kier molecular flexibility index (Phi) is 4.39. The number of piperidine rings is 1. The van der Waals surface area contributed by atoms with E-state index < -0.39 is 5.60 Å². The molecule has 1 aliphatic heterocycles. The summed E-state index contributed by atoms with van der Waals surface area (Å²) in [6.07, 6.45) is 4.99. The van der Waals surface area contributed by atoms with Gasteiger partial charge in [0.15, 0.2) is 0 Å². The lowest BCUT2D eigenvalue weighted by Crippen LogP contribution is -2.42. The van der Waals surface area contributed by atoms with Crippen LogP contribution < -0.4 is 0 Å². The number of hydrogen-bond acceptors (Lipinski definition) is 2. The van der Waals surface area contributed by atoms with Crippen LogP contribution in [0.5, 0.6) is 0 Å². The number of amides is 1. The van der Waals surface area contributed by atoms with Crippen LogP contribution >= 0.6 is 0 Å². The van der Waals surface area contributed by atoms with Gasteiger partial charge in [0.05, 0.1) is 0 Å². The Balaban J connectivity index is 2.47. The lowest BCUT2D eigenvalue weighted by molar-refractivity contribution is 0.0167. The lowest BCUT2D eigenvalue weighted by atomic mass is 9.95. The third kappa shape index (κ3) is 4.25. The topological polar surface area (TPSA) is 29.5 Å². The molecule has 3 heteroatoms. The summed E-state index contributed by atoms with van der Waals surface area (Å²) in [5.74, 6) is 0.554. The highest BCUT2D eigenvalue weighted by molar-refractivity contribution is 5.68. The van der Waals surface area contributed by atoms with Gasteiger partial charge in [0.1, 0.15) is 5.60 Å². The van der Waals surface area contributed by atoms with Crippen LogP contribution in [0.15, 0.2) is 12.7 Å². The molecule has 1 heterocycles. The standard InChI is InChI=1S/C13H23NO2/c1-5-7-11-8-6-9-14(10-11)12(15)16-13(2,3)4/h5,11H,1,6-10H2,2-4H3. The Labute approximate surface area is 98.5 Å². The fourth-order valence-electron chi connectivity index (χ4n) is 1.99. The summed E-state index contributed by atoms with van der Waals surface area (Å²) >= 11 is 0. The second-order valence-electron chi connectivity index (χ2n) is 5.46. The quantitative estimate of drug-likeness (QED) is 0.675. The van der Waals surface area contributed by atoms with Crippen molar-refractivity contribution in [2.75, 3.05) is 13.1 Å². The fraction of sp³-hybridized carbons (Fsp3) is 0.769. The molecule has 0 aromatic heterocycles. The molecule has 0 bridgehead atoms. The maximum absolute atomic E-state index is 11.8. The van der Waals surface area contributed by atoms with Crippen LogP contribution in [0, 0.1) is 5.92 Å². The van der Waals surface area contributed by atoms with Crippen LogP contribution in [0.4, 0.5) is 4.79 Å². The maximum atomic E-state index is 11.8. The minimum atomic E-state index is -0.400. The van der Waals surface area contributed by atoms with E-state index in [-0.39, 0.29) is 6.09 Å². The summed E-state index contributed by atoms with van der Waals surface area (Å²) in [4.78, 5) is 13.7. The van der Waals surface area contributed by atoms with Crippen LogP contribution in [0.1, 0.15) is 40.0 Å². The molecule has 1 atom stereocenters. The first-order valence-corrected chi connectivity index (χ1v) is 6.01. The molecule has 0 aromatic carbocycles. The third-order valence-electron chi connectivity index (χ3n) is 2.67. The highest BCUT2D eigenvalue weighted by atomic mass is 16.6. The average molecular weight is 225 g/mol. The average Bonchev–Trinajstić information content (AvgIpc) is 2.16. The van der Waals surface area contributed by atoms with Gasteiger partial charge >= 0.3 is 6.09 Å². The highest BCUT2D eigenvalue weighted by Gasteiger charge is 2.26. The van der Waals surface area contributed by atoms with Crippen molar-refractivity contribution in [1.29, 1.82) is 0 Å². The Morgan fingerprint density at radius 1 is 1.56 bits per heavy atom. The van der Waals surface area contributed by atoms with Crippen molar-refractivity contribution in [1.82, 2.24) is 4.90 Å². The van der Waals surface area contributed by atoms with E-state index in [4.69, 9.17) is 4.74 Å². The summed E-state index contributed by atoms with van der Waals surface area (Å²) in [5.41, 5.74) is -0.400. The van der Waals surface area contributed by atoms with Crippen molar-refractivity contribution < 1.29 is 9.53 Å². The van der Waals surface area contributed by atoms with Gasteiger partial charge in [-0.25, -0.2) is 4.79 Å². The third-order valence-corrected chi connectivity index (χ3v) is 2.67. The number of rotatable bonds is 2. The molecule has 0 saturated carbocycles. The molecule has 1 aliphatic rings. The summed E-state index contributed by atoms with van der Waals surface area (Å²) in [5, 5.41) is 0. The smallest absolute Gasteiger partial charge is 0.410 e. The molecule has 1 unspecified atom stereocenters. The SMILES string of the molecule is C=CCC1CCCN(C(=O)OC(C)(C)C)C1. The molecule has 0 spiro atoms. The first-order chi connectivity index (χ1) is 7.42. The second kappa shape index (κ2) is 5.37. The van der Waals surface area contributed by atoms with Crippen molar-refractivity contribution in [3.8, 4) is 0 Å². The van der Waals surface area contributed by atoms with Gasteiger partial charge < -0.3 is 9.64 Å². The van der Waals surface area contributed by atoms with Gasteiger partial charge in [-0.2, -0.15) is 0 Å². The van der Waals surface area contributed by atoms with E-state index in [1.807, 2.05) is 31.7 Å². The molecular weight excluding hydrogens is 202 g/mol. The number of carbonyl (C=O) groups excluding carboxylic acids is 1. The van der Waals surface area contributed by atoms with Crippen molar-refractivity contribution in [2.45, 2.75) is 45.6 Å². The van der Waals surface area contributed by atoms with Gasteiger partial charge in [0.2, 0.25) is 0 Å². The lowest BCUT2D eigenvalue weighted by Gasteiger charge is -2.33. The van der Waals surface area contributed by atoms with Gasteiger partial charge in [0, 0.05) is 13.1 Å². The van der Waals surface area contributed by atoms with E-state index in [1.165, 1.54) is 6.42 Å². The largest absolute Gasteiger partial charge is 0.444 e. The number of ether oxygens (including phenoxy) is 1. The predicted octanol–water partition coefficient (Wildman–Crippen LogP) is 3.21. The van der Waals surface area contributed by atoms with E-state index in [9.17, 15) is 4.79 Å². The van der Waals surface area contributed by atoms with Crippen molar-refractivity contribution in [2.24, 2.45) is 5.92 Å². The molecule has 0 N–H and O–H groups in total. The molecule has 1 amide bonds. The monoisotopic (exact) mass is 225 g/mol. The second-order valence-corrected chi connectivity index (χ2v) is 5.46. The number of carbonyl (C=O) groups is 1. The Morgan fingerprint density at radius 3 is 2.81 bits per heavy atom. The molecular formula is C13H23NO2. The normalized spacial score (nSPS) is 21.7. The zero-order valence-electron chi connectivity index (χ0n) is 10.7. The van der Waals surface area contributed by atoms with E-state index in [0.717, 1.165) is 25.9 Å². The fourth-order valence-corrected chi connectivity index (χ4v) is 1.99. The van der Waals surface area contributed by atoms with Gasteiger partial charge in [-0.1, -0.05) is 6.08 Å². The first kappa shape index (κ1) is 13.1. The van der Waals surface area contributed by atoms with E-state index >= 15 is 0 Å². The summed E-state index contributed by atoms with van der Waals surface area (Å²) in [6, 6.07) is 0. The van der Waals surface area contributed by atoms with Crippen molar-refractivity contribution >= 4 is 6.09 Å². The summed E-state index contributed by atoms with van der Waals surface area (Å²) in [7, 11) is 0. The summed E-state index contributed by atoms with van der Waals surface area (Å²) in [6.45, 7) is 11.1. The van der Waals surface area contributed by atoms with Crippen LogP contribution in [-0.4, -0.2) is 29.7 Å². The molecule has 16 heavy (non-hydrogen) atoms. The first-order valence-electron chi connectivity index (χ1n) is 6.01. The zero-order chi connectivity index (χ0) is 12.2. The van der Waals surface area contributed by atoms with Gasteiger partial charge in [-0.3, -0.25) is 0 Å². The molecule has 3 nitrogen and oxygen atoms in total. The Morgan fingerprint density at radius 2 is 2.25 bits per heavy atom. The minimum absolute atomic E-state index is 0.179. The number of hydrogen-bond donors (Lipinski definition) is 0. The molecule has 92 valence electrons. The zero-order valence-corrected chi connectivity index (χ0v) is 10.7. The van der Waals surface area contributed by atoms with E-state index in [1.54, 1.807) is 0 Å². The number of nitrogens with zero attached hydrogens (tertiary/aromatic N) is 1. The molecule has 1 fully saturated rings. The van der Waals surface area contributed by atoms with Crippen LogP contribution in [-0.2, 0) is 4.74 Å². The minimum Gasteiger partial charge on any atom is -0.444 e. The highest BCUT2D eigenvalue weighted by Crippen LogP contribution is 2.21. The number of likely N-dealkylation sites (tertiary alicyclic amines) is 1. The van der Waals surface area contributed by atoms with Gasteiger partial charge in [-0.15, -0.1) is 6.58 Å². The van der Waals surface area contributed by atoms with Gasteiger partial charge in [0.25, 0.3) is 0 Å². The Bertz CT molecular complexity index is 255. The Hall–Kier alpha value is -0.990. The van der Waals surface area contributed by atoms with Crippen LogP contribution in [0.3, 0.4) is 0 Å². The predicted molar refractivity (Wildman–Crippen MR) is 65.3 cm³/mol. The molecule has 0 radical (unpaired) electrons. The molecule has 0 aromatic rings.